The molecule has 0 atom stereocenters. The normalized spacial score (nSPS) is 14.3. The van der Waals surface area contributed by atoms with Gasteiger partial charge in [-0.05, 0) is 66.3 Å². The van der Waals surface area contributed by atoms with Crippen LogP contribution in [0.4, 0.5) is 18.9 Å². The van der Waals surface area contributed by atoms with Crippen molar-refractivity contribution < 1.29 is 22.8 Å². The lowest BCUT2D eigenvalue weighted by Gasteiger charge is -2.32. The topological polar surface area (TPSA) is 80.1 Å². The number of carbonyl (C=O) groups is 2. The average molecular weight is 534 g/mol. The molecule has 39 heavy (non-hydrogen) atoms. The highest BCUT2D eigenvalue weighted by Gasteiger charge is 2.30. The van der Waals surface area contributed by atoms with Crippen LogP contribution in [-0.2, 0) is 17.4 Å². The highest BCUT2D eigenvalue weighted by Crippen LogP contribution is 2.31. The molecular weight excluding hydrogens is 507 g/mol. The molecule has 2 aromatic heterocycles. The Morgan fingerprint density at radius 2 is 1.74 bits per heavy atom. The van der Waals surface area contributed by atoms with Gasteiger partial charge in [-0.3, -0.25) is 9.59 Å². The van der Waals surface area contributed by atoms with Gasteiger partial charge in [0.2, 0.25) is 5.91 Å². The Kier molecular flexibility index (Phi) is 7.44. The number of anilines is 1. The van der Waals surface area contributed by atoms with Crippen LogP contribution in [0.25, 0.3) is 5.82 Å². The van der Waals surface area contributed by atoms with Crippen molar-refractivity contribution in [2.45, 2.75) is 31.4 Å². The molecule has 10 heteroatoms. The van der Waals surface area contributed by atoms with Crippen molar-refractivity contribution in [1.82, 2.24) is 19.7 Å². The Morgan fingerprint density at radius 1 is 0.974 bits per heavy atom. The van der Waals surface area contributed by atoms with Crippen LogP contribution in [0.15, 0.2) is 85.3 Å². The van der Waals surface area contributed by atoms with E-state index < -0.39 is 11.7 Å². The lowest BCUT2D eigenvalue weighted by atomic mass is 9.89. The molecule has 0 spiro atoms. The number of carbonyl (C=O) groups excluding carboxylic acids is 2. The van der Waals surface area contributed by atoms with Crippen LogP contribution in [0.5, 0.6) is 0 Å². The van der Waals surface area contributed by atoms with Crippen LogP contribution >= 0.6 is 0 Å². The third-order valence-corrected chi connectivity index (χ3v) is 6.80. The van der Waals surface area contributed by atoms with Gasteiger partial charge in [0, 0.05) is 37.4 Å². The molecule has 1 aliphatic heterocycles. The number of aromatic nitrogens is 3. The Labute approximate surface area is 223 Å². The lowest BCUT2D eigenvalue weighted by molar-refractivity contribution is -0.137. The molecule has 3 heterocycles. The summed E-state index contributed by atoms with van der Waals surface area (Å²) in [5.74, 6) is 0.489. The number of halogens is 3. The van der Waals surface area contributed by atoms with Gasteiger partial charge in [0.05, 0.1) is 17.5 Å². The molecule has 7 nitrogen and oxygen atoms in total. The number of benzene rings is 2. The first-order valence-electron chi connectivity index (χ1n) is 12.6. The predicted molar refractivity (Wildman–Crippen MR) is 139 cm³/mol. The van der Waals surface area contributed by atoms with Gasteiger partial charge in [-0.25, -0.2) is 9.67 Å². The summed E-state index contributed by atoms with van der Waals surface area (Å²) in [6, 6.07) is 17.6. The summed E-state index contributed by atoms with van der Waals surface area (Å²) in [7, 11) is 0. The summed E-state index contributed by atoms with van der Waals surface area (Å²) in [6.07, 6.45) is 2.05. The van der Waals surface area contributed by atoms with E-state index in [2.05, 4.69) is 15.4 Å². The molecule has 0 radical (unpaired) electrons. The molecule has 0 bridgehead atoms. The second kappa shape index (κ2) is 11.1. The molecule has 4 aromatic rings. The van der Waals surface area contributed by atoms with E-state index in [1.165, 1.54) is 12.1 Å². The number of alkyl halides is 3. The summed E-state index contributed by atoms with van der Waals surface area (Å²) < 4.78 is 40.4. The lowest BCUT2D eigenvalue weighted by Crippen LogP contribution is -2.38. The van der Waals surface area contributed by atoms with Crippen LogP contribution < -0.4 is 5.32 Å². The number of rotatable bonds is 6. The highest BCUT2D eigenvalue weighted by atomic mass is 19.4. The SMILES string of the molecule is O=C(Cc1cccc(C(F)(F)F)c1)Nc1ccc(C2CCN(C(=O)c3ccc(-n4cccn4)nc3)CC2)cc1. The van der Waals surface area contributed by atoms with Crippen LogP contribution in [-0.4, -0.2) is 44.6 Å². The highest BCUT2D eigenvalue weighted by molar-refractivity contribution is 5.94. The summed E-state index contributed by atoms with van der Waals surface area (Å²) in [5, 5.41) is 6.89. The first kappa shape index (κ1) is 26.1. The summed E-state index contributed by atoms with van der Waals surface area (Å²) >= 11 is 0. The van der Waals surface area contributed by atoms with Crippen molar-refractivity contribution >= 4 is 17.5 Å². The van der Waals surface area contributed by atoms with E-state index in [1.807, 2.05) is 17.0 Å². The zero-order valence-electron chi connectivity index (χ0n) is 20.9. The molecule has 5 rings (SSSR count). The van der Waals surface area contributed by atoms with E-state index in [-0.39, 0.29) is 24.2 Å². The zero-order chi connectivity index (χ0) is 27.4. The molecule has 0 unspecified atom stereocenters. The number of nitrogens with one attached hydrogen (secondary N) is 1. The fourth-order valence-electron chi connectivity index (χ4n) is 4.74. The molecular formula is C29H26F3N5O2. The molecule has 2 amide bonds. The minimum atomic E-state index is -4.45. The second-order valence-electron chi connectivity index (χ2n) is 9.47. The van der Waals surface area contributed by atoms with Gasteiger partial charge in [-0.15, -0.1) is 0 Å². The predicted octanol–water partition coefficient (Wildman–Crippen LogP) is 5.49. The maximum Gasteiger partial charge on any atom is 0.416 e. The monoisotopic (exact) mass is 533 g/mol. The van der Waals surface area contributed by atoms with Crippen molar-refractivity contribution in [3.63, 3.8) is 0 Å². The van der Waals surface area contributed by atoms with Crippen molar-refractivity contribution in [3.8, 4) is 5.82 Å². The summed E-state index contributed by atoms with van der Waals surface area (Å²) in [6.45, 7) is 1.25. The van der Waals surface area contributed by atoms with Gasteiger partial charge >= 0.3 is 6.18 Å². The molecule has 2 aromatic carbocycles. The van der Waals surface area contributed by atoms with Gasteiger partial charge in [-0.2, -0.15) is 18.3 Å². The number of hydrogen-bond acceptors (Lipinski definition) is 4. The molecule has 1 fully saturated rings. The van der Waals surface area contributed by atoms with E-state index in [0.29, 0.717) is 35.7 Å². The van der Waals surface area contributed by atoms with E-state index in [0.717, 1.165) is 30.5 Å². The van der Waals surface area contributed by atoms with E-state index >= 15 is 0 Å². The average Bonchev–Trinajstić information content (AvgIpc) is 3.48. The van der Waals surface area contributed by atoms with Gasteiger partial charge in [0.25, 0.3) is 5.91 Å². The van der Waals surface area contributed by atoms with Crippen LogP contribution in [0.2, 0.25) is 0 Å². The Balaban J connectivity index is 1.12. The molecule has 1 saturated heterocycles. The van der Waals surface area contributed by atoms with Crippen LogP contribution in [0, 0.1) is 0 Å². The molecule has 0 aliphatic carbocycles. The molecule has 1 N–H and O–H groups in total. The van der Waals surface area contributed by atoms with Crippen molar-refractivity contribution in [3.05, 3.63) is 108 Å². The van der Waals surface area contributed by atoms with Crippen molar-refractivity contribution in [2.24, 2.45) is 0 Å². The fraction of sp³-hybridized carbons (Fsp3) is 0.241. The maximum absolute atomic E-state index is 13.0. The standard InChI is InChI=1S/C29H26F3N5O2/c30-29(31,32)24-4-1-3-20(17-24)18-27(38)35-25-8-5-21(6-9-25)22-11-15-36(16-12-22)28(39)23-7-10-26(33-19-23)37-14-2-13-34-37/h1-10,13-14,17,19,22H,11-12,15-16,18H2,(H,35,38). The number of hydrogen-bond donors (Lipinski definition) is 1. The summed E-state index contributed by atoms with van der Waals surface area (Å²) in [5.41, 5.74) is 1.75. The van der Waals surface area contributed by atoms with Crippen LogP contribution in [0.3, 0.4) is 0 Å². The van der Waals surface area contributed by atoms with Gasteiger partial charge in [-0.1, -0.05) is 30.3 Å². The Morgan fingerprint density at radius 3 is 2.38 bits per heavy atom. The van der Waals surface area contributed by atoms with E-state index in [1.54, 1.807) is 53.6 Å². The third-order valence-electron chi connectivity index (χ3n) is 6.80. The van der Waals surface area contributed by atoms with E-state index in [4.69, 9.17) is 0 Å². The van der Waals surface area contributed by atoms with Crippen molar-refractivity contribution in [1.29, 1.82) is 0 Å². The third kappa shape index (κ3) is 6.34. The number of amides is 2. The number of piperidine rings is 1. The molecule has 200 valence electrons. The second-order valence-corrected chi connectivity index (χ2v) is 9.47. The van der Waals surface area contributed by atoms with Crippen molar-refractivity contribution in [2.75, 3.05) is 18.4 Å². The molecule has 1 aliphatic rings. The first-order valence-corrected chi connectivity index (χ1v) is 12.6. The number of nitrogens with zero attached hydrogens (tertiary/aromatic N) is 4. The fourth-order valence-corrected chi connectivity index (χ4v) is 4.74. The molecule has 0 saturated carbocycles. The number of pyridine rings is 1. The summed E-state index contributed by atoms with van der Waals surface area (Å²) in [4.78, 5) is 31.5. The first-order chi connectivity index (χ1) is 18.8. The smallest absolute Gasteiger partial charge is 0.339 e. The Hall–Kier alpha value is -4.47. The zero-order valence-corrected chi connectivity index (χ0v) is 20.9. The van der Waals surface area contributed by atoms with Gasteiger partial charge in [0.1, 0.15) is 0 Å². The minimum Gasteiger partial charge on any atom is -0.339 e. The maximum atomic E-state index is 13.0. The quantitative estimate of drug-likeness (QED) is 0.356. The largest absolute Gasteiger partial charge is 0.416 e. The van der Waals surface area contributed by atoms with Crippen LogP contribution in [0.1, 0.15) is 45.8 Å². The minimum absolute atomic E-state index is 0.0493. The number of likely N-dealkylation sites (tertiary alicyclic amines) is 1. The van der Waals surface area contributed by atoms with Gasteiger partial charge < -0.3 is 10.2 Å². The Bertz CT molecular complexity index is 1430. The van der Waals surface area contributed by atoms with Gasteiger partial charge in [0.15, 0.2) is 5.82 Å². The van der Waals surface area contributed by atoms with E-state index in [9.17, 15) is 22.8 Å².